The first kappa shape index (κ1) is 8.30. The van der Waals surface area contributed by atoms with Crippen molar-refractivity contribution in [2.24, 2.45) is 0 Å². The van der Waals surface area contributed by atoms with Crippen molar-refractivity contribution >= 4 is 0 Å². The molecule has 1 aliphatic rings. The van der Waals surface area contributed by atoms with Crippen LogP contribution >= 0.6 is 0 Å². The molecule has 1 heterocycles. The van der Waals surface area contributed by atoms with E-state index in [-0.39, 0.29) is 6.10 Å². The summed E-state index contributed by atoms with van der Waals surface area (Å²) < 4.78 is 5.71. The van der Waals surface area contributed by atoms with Gasteiger partial charge < -0.3 is 4.74 Å². The van der Waals surface area contributed by atoms with Crippen LogP contribution < -0.4 is 4.74 Å². The fraction of sp³-hybridized carbons (Fsp3) is 0.364. The lowest BCUT2D eigenvalue weighted by molar-refractivity contribution is 0.229. The second-order valence-electron chi connectivity index (χ2n) is 3.20. The third-order valence-electron chi connectivity index (χ3n) is 2.13. The van der Waals surface area contributed by atoms with Gasteiger partial charge in [-0.2, -0.15) is 0 Å². The minimum absolute atomic E-state index is 0.248. The van der Waals surface area contributed by atoms with Crippen molar-refractivity contribution in [2.75, 3.05) is 0 Å². The number of ether oxygens (including phenoxy) is 1. The van der Waals surface area contributed by atoms with Crippen molar-refractivity contribution in [3.63, 3.8) is 0 Å². The number of rotatable bonds is 2. The van der Waals surface area contributed by atoms with E-state index < -0.39 is 0 Å². The molecule has 68 valence electrons. The van der Waals surface area contributed by atoms with Gasteiger partial charge in [0.2, 0.25) is 0 Å². The lowest BCUT2D eigenvalue weighted by Gasteiger charge is -2.17. The fourth-order valence-corrected chi connectivity index (χ4v) is 1.47. The maximum Gasteiger partial charge on any atom is 0.138 e. The smallest absolute Gasteiger partial charge is 0.138 e. The number of aromatic nitrogens is 1. The largest absolute Gasteiger partial charge is 0.485 e. The topological polar surface area (TPSA) is 22.1 Å². The van der Waals surface area contributed by atoms with Crippen LogP contribution in [0.3, 0.4) is 0 Å². The maximum absolute atomic E-state index is 5.71. The highest BCUT2D eigenvalue weighted by Crippen LogP contribution is 2.17. The van der Waals surface area contributed by atoms with Gasteiger partial charge in [0, 0.05) is 6.20 Å². The molecule has 2 nitrogen and oxygen atoms in total. The number of hydrogen-bond acceptors (Lipinski definition) is 2. The van der Waals surface area contributed by atoms with Gasteiger partial charge in [-0.05, 0) is 37.5 Å². The van der Waals surface area contributed by atoms with E-state index in [0.29, 0.717) is 0 Å². The number of hydrogen-bond donors (Lipinski definition) is 0. The van der Waals surface area contributed by atoms with E-state index in [1.165, 1.54) is 12.8 Å². The summed E-state index contributed by atoms with van der Waals surface area (Å²) in [7, 11) is 0. The Morgan fingerprint density at radius 2 is 2.46 bits per heavy atom. The molecule has 0 saturated carbocycles. The SMILES string of the molecule is C1=C[C@@H](Oc2cccnc2)CCC1. The molecule has 0 N–H and O–H groups in total. The Balaban J connectivity index is 1.98. The number of nitrogens with zero attached hydrogens (tertiary/aromatic N) is 1. The molecule has 0 saturated heterocycles. The van der Waals surface area contributed by atoms with Crippen LogP contribution in [0.15, 0.2) is 36.7 Å². The van der Waals surface area contributed by atoms with E-state index in [1.54, 1.807) is 12.4 Å². The van der Waals surface area contributed by atoms with Crippen molar-refractivity contribution in [1.82, 2.24) is 4.98 Å². The molecule has 1 aliphatic carbocycles. The molecular weight excluding hydrogens is 162 g/mol. The van der Waals surface area contributed by atoms with Crippen molar-refractivity contribution in [2.45, 2.75) is 25.4 Å². The zero-order valence-electron chi connectivity index (χ0n) is 7.52. The summed E-state index contributed by atoms with van der Waals surface area (Å²) in [4.78, 5) is 4.00. The van der Waals surface area contributed by atoms with Gasteiger partial charge in [0.1, 0.15) is 11.9 Å². The van der Waals surface area contributed by atoms with Crippen molar-refractivity contribution in [3.8, 4) is 5.75 Å². The van der Waals surface area contributed by atoms with E-state index >= 15 is 0 Å². The van der Waals surface area contributed by atoms with Crippen LogP contribution in [0.25, 0.3) is 0 Å². The normalized spacial score (nSPS) is 21.4. The Morgan fingerprint density at radius 3 is 3.15 bits per heavy atom. The summed E-state index contributed by atoms with van der Waals surface area (Å²) in [5.41, 5.74) is 0. The zero-order valence-corrected chi connectivity index (χ0v) is 7.52. The highest BCUT2D eigenvalue weighted by molar-refractivity contribution is 5.17. The highest BCUT2D eigenvalue weighted by Gasteiger charge is 2.08. The Morgan fingerprint density at radius 1 is 1.46 bits per heavy atom. The predicted octanol–water partition coefficient (Wildman–Crippen LogP) is 2.57. The molecule has 1 atom stereocenters. The second-order valence-corrected chi connectivity index (χ2v) is 3.20. The summed E-state index contributed by atoms with van der Waals surface area (Å²) in [5, 5.41) is 0. The average Bonchev–Trinajstić information content (AvgIpc) is 2.21. The van der Waals surface area contributed by atoms with Crippen LogP contribution in [0.1, 0.15) is 19.3 Å². The zero-order chi connectivity index (χ0) is 8.93. The van der Waals surface area contributed by atoms with Gasteiger partial charge in [0.05, 0.1) is 6.20 Å². The predicted molar refractivity (Wildman–Crippen MR) is 51.6 cm³/mol. The summed E-state index contributed by atoms with van der Waals surface area (Å²) in [6.45, 7) is 0. The molecule has 0 unspecified atom stereocenters. The van der Waals surface area contributed by atoms with Gasteiger partial charge in [-0.3, -0.25) is 4.98 Å². The first-order valence-electron chi connectivity index (χ1n) is 4.68. The molecule has 0 bridgehead atoms. The van der Waals surface area contributed by atoms with E-state index in [2.05, 4.69) is 17.1 Å². The first-order chi connectivity index (χ1) is 6.45. The van der Waals surface area contributed by atoms with E-state index in [0.717, 1.165) is 12.2 Å². The van der Waals surface area contributed by atoms with Crippen molar-refractivity contribution < 1.29 is 4.74 Å². The standard InChI is InChI=1S/C11H13NO/c1-2-5-10(6-3-1)13-11-7-4-8-12-9-11/h2,4-5,7-10H,1,3,6H2/t10-/m1/s1. The maximum atomic E-state index is 5.71. The number of allylic oxidation sites excluding steroid dienone is 1. The molecule has 0 aliphatic heterocycles. The molecule has 0 aromatic carbocycles. The molecule has 13 heavy (non-hydrogen) atoms. The molecule has 0 spiro atoms. The summed E-state index contributed by atoms with van der Waals surface area (Å²) in [5.74, 6) is 0.860. The van der Waals surface area contributed by atoms with Crippen molar-refractivity contribution in [1.29, 1.82) is 0 Å². The van der Waals surface area contributed by atoms with E-state index in [9.17, 15) is 0 Å². The third-order valence-corrected chi connectivity index (χ3v) is 2.13. The lowest BCUT2D eigenvalue weighted by Crippen LogP contribution is -2.15. The Labute approximate surface area is 78.3 Å². The minimum Gasteiger partial charge on any atom is -0.485 e. The van der Waals surface area contributed by atoms with Gasteiger partial charge in [0.25, 0.3) is 0 Å². The summed E-state index contributed by atoms with van der Waals surface area (Å²) >= 11 is 0. The lowest BCUT2D eigenvalue weighted by atomic mass is 10.1. The van der Waals surface area contributed by atoms with Crippen LogP contribution in [0.5, 0.6) is 5.75 Å². The van der Waals surface area contributed by atoms with Crippen molar-refractivity contribution in [3.05, 3.63) is 36.7 Å². The monoisotopic (exact) mass is 175 g/mol. The molecule has 2 heteroatoms. The fourth-order valence-electron chi connectivity index (χ4n) is 1.47. The molecule has 1 aromatic rings. The van der Waals surface area contributed by atoms with Gasteiger partial charge in [0.15, 0.2) is 0 Å². The molecule has 2 rings (SSSR count). The molecule has 1 aromatic heterocycles. The Kier molecular flexibility index (Phi) is 2.60. The molecule has 0 radical (unpaired) electrons. The summed E-state index contributed by atoms with van der Waals surface area (Å²) in [6, 6.07) is 3.83. The highest BCUT2D eigenvalue weighted by atomic mass is 16.5. The minimum atomic E-state index is 0.248. The first-order valence-corrected chi connectivity index (χ1v) is 4.68. The average molecular weight is 175 g/mol. The van der Waals surface area contributed by atoms with Crippen LogP contribution in [-0.4, -0.2) is 11.1 Å². The van der Waals surface area contributed by atoms with Crippen LogP contribution in [0.4, 0.5) is 0 Å². The van der Waals surface area contributed by atoms with Crippen LogP contribution in [0.2, 0.25) is 0 Å². The summed E-state index contributed by atoms with van der Waals surface area (Å²) in [6.07, 6.45) is 11.6. The molecule has 0 fully saturated rings. The van der Waals surface area contributed by atoms with E-state index in [4.69, 9.17) is 4.74 Å². The van der Waals surface area contributed by atoms with Crippen LogP contribution in [0, 0.1) is 0 Å². The van der Waals surface area contributed by atoms with Gasteiger partial charge in [-0.1, -0.05) is 6.08 Å². The second kappa shape index (κ2) is 4.08. The Bertz CT molecular complexity index is 281. The molecular formula is C11H13NO. The van der Waals surface area contributed by atoms with Gasteiger partial charge >= 0.3 is 0 Å². The third kappa shape index (κ3) is 2.31. The van der Waals surface area contributed by atoms with Crippen LogP contribution in [-0.2, 0) is 0 Å². The van der Waals surface area contributed by atoms with Gasteiger partial charge in [-0.25, -0.2) is 0 Å². The molecule has 0 amide bonds. The van der Waals surface area contributed by atoms with Gasteiger partial charge in [-0.15, -0.1) is 0 Å². The number of pyridine rings is 1. The quantitative estimate of drug-likeness (QED) is 0.644. The Hall–Kier alpha value is -1.31. The van der Waals surface area contributed by atoms with E-state index in [1.807, 2.05) is 12.1 Å².